The van der Waals surface area contributed by atoms with Gasteiger partial charge in [0.15, 0.2) is 0 Å². The van der Waals surface area contributed by atoms with Crippen LogP contribution in [0.5, 0.6) is 0 Å². The lowest BCUT2D eigenvalue weighted by Gasteiger charge is -2.34. The number of Topliss-reactive ketones (excluding diaryl/α,β-unsaturated/α-hetero) is 1. The summed E-state index contributed by atoms with van der Waals surface area (Å²) in [6.07, 6.45) is 2.58. The van der Waals surface area contributed by atoms with E-state index in [0.29, 0.717) is 32.1 Å². The molecule has 2 fully saturated rings. The summed E-state index contributed by atoms with van der Waals surface area (Å²) in [5.74, 6) is -3.40. The Kier molecular flexibility index (Phi) is 2.36. The third-order valence-corrected chi connectivity index (χ3v) is 3.89. The van der Waals surface area contributed by atoms with Crippen molar-refractivity contribution < 1.29 is 13.6 Å². The summed E-state index contributed by atoms with van der Waals surface area (Å²) in [4.78, 5) is 11.5. The van der Waals surface area contributed by atoms with Crippen molar-refractivity contribution in [1.82, 2.24) is 0 Å². The molecule has 2 atom stereocenters. The second kappa shape index (κ2) is 3.28. The van der Waals surface area contributed by atoms with E-state index in [1.807, 2.05) is 6.92 Å². The number of carbonyl (C=O) groups excluding carboxylic acids is 1. The molecular weight excluding hydrogens is 186 g/mol. The molecule has 0 aromatic carbocycles. The zero-order valence-corrected chi connectivity index (χ0v) is 8.43. The molecule has 14 heavy (non-hydrogen) atoms. The van der Waals surface area contributed by atoms with Gasteiger partial charge in [0.05, 0.1) is 0 Å². The van der Waals surface area contributed by atoms with E-state index in [0.717, 1.165) is 0 Å². The van der Waals surface area contributed by atoms with Gasteiger partial charge in [-0.1, -0.05) is 6.92 Å². The lowest BCUT2D eigenvalue weighted by atomic mass is 9.76. The first-order chi connectivity index (χ1) is 6.55. The molecule has 2 bridgehead atoms. The van der Waals surface area contributed by atoms with E-state index in [4.69, 9.17) is 0 Å². The number of fused-ring (bicyclic) bond motifs is 2. The molecule has 0 spiro atoms. The fraction of sp³-hybridized carbons (Fsp3) is 0.909. The Labute approximate surface area is 82.9 Å². The van der Waals surface area contributed by atoms with E-state index < -0.39 is 17.8 Å². The van der Waals surface area contributed by atoms with E-state index in [2.05, 4.69) is 0 Å². The molecule has 2 aliphatic carbocycles. The summed E-state index contributed by atoms with van der Waals surface area (Å²) in [5.41, 5.74) is 0. The van der Waals surface area contributed by atoms with E-state index in [-0.39, 0.29) is 11.7 Å². The monoisotopic (exact) mass is 202 g/mol. The Bertz CT molecular complexity index is 234. The molecule has 80 valence electrons. The number of rotatable bonds is 2. The van der Waals surface area contributed by atoms with Crippen LogP contribution in [0.1, 0.15) is 39.0 Å². The lowest BCUT2D eigenvalue weighted by Crippen LogP contribution is -2.39. The number of alkyl halides is 2. The predicted molar refractivity (Wildman–Crippen MR) is 49.2 cm³/mol. The molecule has 0 amide bonds. The van der Waals surface area contributed by atoms with Crippen molar-refractivity contribution in [2.75, 3.05) is 0 Å². The highest BCUT2D eigenvalue weighted by molar-refractivity contribution is 5.80. The number of hydrogen-bond acceptors (Lipinski definition) is 1. The summed E-state index contributed by atoms with van der Waals surface area (Å²) in [7, 11) is 0. The zero-order valence-electron chi connectivity index (χ0n) is 8.43. The Morgan fingerprint density at radius 3 is 2.21 bits per heavy atom. The molecule has 3 heteroatoms. The second-order valence-corrected chi connectivity index (χ2v) is 4.63. The molecule has 2 aliphatic rings. The molecule has 0 aromatic rings. The van der Waals surface area contributed by atoms with Crippen molar-refractivity contribution in [1.29, 1.82) is 0 Å². The van der Waals surface area contributed by atoms with Gasteiger partial charge in [-0.25, -0.2) is 8.78 Å². The summed E-state index contributed by atoms with van der Waals surface area (Å²) in [6, 6.07) is 0. The molecular formula is C11H16F2O. The quantitative estimate of drug-likeness (QED) is 0.672. The van der Waals surface area contributed by atoms with Crippen LogP contribution in [-0.2, 0) is 4.79 Å². The van der Waals surface area contributed by atoms with Crippen LogP contribution in [0, 0.1) is 17.8 Å². The van der Waals surface area contributed by atoms with Gasteiger partial charge in [-0.2, -0.15) is 0 Å². The van der Waals surface area contributed by atoms with Crippen LogP contribution < -0.4 is 0 Å². The highest BCUT2D eigenvalue weighted by atomic mass is 19.3. The minimum Gasteiger partial charge on any atom is -0.299 e. The van der Waals surface area contributed by atoms with Crippen molar-refractivity contribution in [2.24, 2.45) is 17.8 Å². The highest BCUT2D eigenvalue weighted by Gasteiger charge is 2.56. The summed E-state index contributed by atoms with van der Waals surface area (Å²) in [5, 5.41) is 0. The molecule has 2 saturated carbocycles. The molecule has 2 rings (SSSR count). The van der Waals surface area contributed by atoms with Crippen molar-refractivity contribution in [3.63, 3.8) is 0 Å². The number of carbonyl (C=O) groups is 1. The Morgan fingerprint density at radius 2 is 1.79 bits per heavy atom. The van der Waals surface area contributed by atoms with Gasteiger partial charge in [-0.15, -0.1) is 0 Å². The number of ketones is 1. The average molecular weight is 202 g/mol. The third-order valence-electron chi connectivity index (χ3n) is 3.89. The number of halogens is 2. The van der Waals surface area contributed by atoms with E-state index in [9.17, 15) is 13.6 Å². The SMILES string of the molecule is CCC(=O)C1CC2CCC(C1)C2(F)F. The van der Waals surface area contributed by atoms with Crippen LogP contribution in [0.2, 0.25) is 0 Å². The summed E-state index contributed by atoms with van der Waals surface area (Å²) >= 11 is 0. The summed E-state index contributed by atoms with van der Waals surface area (Å²) in [6.45, 7) is 1.82. The molecule has 0 N–H and O–H groups in total. The van der Waals surface area contributed by atoms with Gasteiger partial charge < -0.3 is 0 Å². The topological polar surface area (TPSA) is 17.1 Å². The maximum Gasteiger partial charge on any atom is 0.253 e. The van der Waals surface area contributed by atoms with E-state index >= 15 is 0 Å². The van der Waals surface area contributed by atoms with Gasteiger partial charge in [-0.05, 0) is 25.7 Å². The molecule has 0 aromatic heterocycles. The largest absolute Gasteiger partial charge is 0.299 e. The van der Waals surface area contributed by atoms with Gasteiger partial charge in [-0.3, -0.25) is 4.79 Å². The molecule has 1 nitrogen and oxygen atoms in total. The van der Waals surface area contributed by atoms with Crippen LogP contribution in [0.4, 0.5) is 8.78 Å². The predicted octanol–water partition coefficient (Wildman–Crippen LogP) is 3.04. The van der Waals surface area contributed by atoms with Gasteiger partial charge in [0.1, 0.15) is 5.78 Å². The first kappa shape index (κ1) is 10.1. The Hall–Kier alpha value is -0.470. The van der Waals surface area contributed by atoms with Gasteiger partial charge in [0.2, 0.25) is 0 Å². The van der Waals surface area contributed by atoms with Crippen LogP contribution in [-0.4, -0.2) is 11.7 Å². The Balaban J connectivity index is 2.10. The summed E-state index contributed by atoms with van der Waals surface area (Å²) < 4.78 is 27.0. The van der Waals surface area contributed by atoms with Crippen molar-refractivity contribution in [3.8, 4) is 0 Å². The fourth-order valence-electron chi connectivity index (χ4n) is 3.01. The first-order valence-corrected chi connectivity index (χ1v) is 5.46. The zero-order chi connectivity index (χ0) is 10.3. The number of hydrogen-bond donors (Lipinski definition) is 0. The van der Waals surface area contributed by atoms with Crippen LogP contribution in [0.25, 0.3) is 0 Å². The van der Waals surface area contributed by atoms with Crippen LogP contribution >= 0.6 is 0 Å². The third kappa shape index (κ3) is 1.37. The average Bonchev–Trinajstić information content (AvgIpc) is 2.41. The fourth-order valence-corrected chi connectivity index (χ4v) is 3.01. The van der Waals surface area contributed by atoms with Crippen LogP contribution in [0.15, 0.2) is 0 Å². The minimum absolute atomic E-state index is 0.0721. The van der Waals surface area contributed by atoms with Crippen molar-refractivity contribution in [2.45, 2.75) is 45.0 Å². The van der Waals surface area contributed by atoms with E-state index in [1.165, 1.54) is 0 Å². The van der Waals surface area contributed by atoms with Crippen molar-refractivity contribution in [3.05, 3.63) is 0 Å². The van der Waals surface area contributed by atoms with Gasteiger partial charge in [0.25, 0.3) is 5.92 Å². The Morgan fingerprint density at radius 1 is 1.29 bits per heavy atom. The molecule has 0 heterocycles. The smallest absolute Gasteiger partial charge is 0.253 e. The molecule has 0 radical (unpaired) electrons. The van der Waals surface area contributed by atoms with Crippen molar-refractivity contribution >= 4 is 5.78 Å². The van der Waals surface area contributed by atoms with E-state index in [1.54, 1.807) is 0 Å². The first-order valence-electron chi connectivity index (χ1n) is 5.46. The normalized spacial score (nSPS) is 39.8. The highest BCUT2D eigenvalue weighted by Crippen LogP contribution is 2.54. The maximum atomic E-state index is 13.5. The molecule has 0 aliphatic heterocycles. The standard InChI is InChI=1S/C11H16F2O/c1-2-10(14)7-5-8-3-4-9(6-7)11(8,12)13/h7-9H,2-6H2,1H3. The maximum absolute atomic E-state index is 13.5. The molecule has 2 unspecified atom stereocenters. The minimum atomic E-state index is -2.48. The van der Waals surface area contributed by atoms with Gasteiger partial charge >= 0.3 is 0 Å². The molecule has 0 saturated heterocycles. The van der Waals surface area contributed by atoms with Crippen LogP contribution in [0.3, 0.4) is 0 Å². The van der Waals surface area contributed by atoms with Gasteiger partial charge in [0, 0.05) is 24.2 Å². The second-order valence-electron chi connectivity index (χ2n) is 4.63. The lowest BCUT2D eigenvalue weighted by molar-refractivity contribution is -0.136.